The molecule has 1 amide bonds. The second kappa shape index (κ2) is 10.6. The Morgan fingerprint density at radius 2 is 1.86 bits per heavy atom. The number of carboxylic acids is 1. The second-order valence-electron chi connectivity index (χ2n) is 8.13. The lowest BCUT2D eigenvalue weighted by Gasteiger charge is -2.15. The molecular weight excluding hydrogens is 460 g/mol. The van der Waals surface area contributed by atoms with E-state index in [0.717, 1.165) is 11.1 Å². The zero-order valence-corrected chi connectivity index (χ0v) is 19.4. The summed E-state index contributed by atoms with van der Waals surface area (Å²) in [6.07, 6.45) is -0.769. The maximum absolute atomic E-state index is 13.1. The number of fused-ring (bicyclic) bond motifs is 1. The van der Waals surface area contributed by atoms with Crippen molar-refractivity contribution >= 4 is 34.2 Å². The average molecular weight is 485 g/mol. The lowest BCUT2D eigenvalue weighted by Crippen LogP contribution is -2.26. The average Bonchev–Trinajstić information content (AvgIpc) is 3.24. The molecule has 4 rings (SSSR count). The van der Waals surface area contributed by atoms with Crippen molar-refractivity contribution in [2.45, 2.75) is 6.10 Å². The third kappa shape index (κ3) is 5.29. The van der Waals surface area contributed by atoms with Crippen LogP contribution in [0.1, 0.15) is 26.4 Å². The zero-order valence-electron chi connectivity index (χ0n) is 19.4. The van der Waals surface area contributed by atoms with Gasteiger partial charge in [-0.25, -0.2) is 4.79 Å². The fraction of sp³-hybridized carbons (Fsp3) is 0.148. The van der Waals surface area contributed by atoms with E-state index < -0.39 is 18.0 Å². The lowest BCUT2D eigenvalue weighted by atomic mass is 10.1. The number of nitrogens with one attached hydrogen (secondary N) is 2. The number of ether oxygens (including phenoxy) is 1. The number of carbonyl (C=O) groups is 2. The highest BCUT2D eigenvalue weighted by atomic mass is 16.5. The molecule has 36 heavy (non-hydrogen) atoms. The molecule has 9 heteroatoms. The lowest BCUT2D eigenvalue weighted by molar-refractivity contribution is 0.0698. The first-order valence-corrected chi connectivity index (χ1v) is 11.1. The number of para-hydroxylation sites is 2. The van der Waals surface area contributed by atoms with E-state index in [1.807, 2.05) is 42.5 Å². The van der Waals surface area contributed by atoms with Gasteiger partial charge in [0, 0.05) is 24.7 Å². The maximum atomic E-state index is 13.1. The van der Waals surface area contributed by atoms with Crippen LogP contribution < -0.4 is 15.4 Å². The van der Waals surface area contributed by atoms with Gasteiger partial charge >= 0.3 is 5.97 Å². The van der Waals surface area contributed by atoms with E-state index in [4.69, 9.17) is 10.00 Å². The minimum Gasteiger partial charge on any atom is -0.489 e. The molecule has 9 nitrogen and oxygen atoms in total. The molecule has 1 heterocycles. The number of nitrogens with zero attached hydrogens (tertiary/aromatic N) is 2. The number of carbonyl (C=O) groups excluding carboxylic acids is 1. The first-order valence-electron chi connectivity index (χ1n) is 11.1. The van der Waals surface area contributed by atoms with Crippen molar-refractivity contribution in [2.24, 2.45) is 7.05 Å². The number of benzene rings is 3. The second-order valence-corrected chi connectivity index (χ2v) is 8.13. The number of nitriles is 1. The summed E-state index contributed by atoms with van der Waals surface area (Å²) in [5.41, 5.74) is 1.92. The summed E-state index contributed by atoms with van der Waals surface area (Å²) >= 11 is 0. The van der Waals surface area contributed by atoms with Crippen LogP contribution in [0.5, 0.6) is 5.75 Å². The summed E-state index contributed by atoms with van der Waals surface area (Å²) in [7, 11) is 1.70. The predicted molar refractivity (Wildman–Crippen MR) is 135 cm³/mol. The van der Waals surface area contributed by atoms with Gasteiger partial charge in [-0.05, 0) is 42.5 Å². The van der Waals surface area contributed by atoms with E-state index in [1.54, 1.807) is 29.8 Å². The minimum atomic E-state index is -1.25. The Morgan fingerprint density at radius 1 is 1.08 bits per heavy atom. The Hall–Kier alpha value is -4.81. The summed E-state index contributed by atoms with van der Waals surface area (Å²) in [4.78, 5) is 24.7. The van der Waals surface area contributed by atoms with Crippen LogP contribution in [0.15, 0.2) is 72.8 Å². The van der Waals surface area contributed by atoms with Gasteiger partial charge in [-0.1, -0.05) is 30.3 Å². The van der Waals surface area contributed by atoms with Gasteiger partial charge in [0.15, 0.2) is 0 Å². The SMILES string of the molecule is Cn1c(C(=O)Nc2ccc(C#N)cc2C(=O)O)cc2cccc(OCC(O)CNc3ccccc3)c21. The van der Waals surface area contributed by atoms with Gasteiger partial charge in [0.1, 0.15) is 24.2 Å². The summed E-state index contributed by atoms with van der Waals surface area (Å²) in [6.45, 7) is 0.343. The Morgan fingerprint density at radius 3 is 2.58 bits per heavy atom. The van der Waals surface area contributed by atoms with Gasteiger partial charge in [0.2, 0.25) is 0 Å². The van der Waals surface area contributed by atoms with Gasteiger partial charge in [-0.15, -0.1) is 0 Å². The molecule has 0 bridgehead atoms. The molecule has 182 valence electrons. The maximum Gasteiger partial charge on any atom is 0.337 e. The summed E-state index contributed by atoms with van der Waals surface area (Å²) < 4.78 is 7.54. The summed E-state index contributed by atoms with van der Waals surface area (Å²) in [5, 5.41) is 35.4. The molecule has 0 fully saturated rings. The summed E-state index contributed by atoms with van der Waals surface area (Å²) in [5.74, 6) is -1.27. The third-order valence-corrected chi connectivity index (χ3v) is 5.63. The monoisotopic (exact) mass is 484 g/mol. The first kappa shape index (κ1) is 24.3. The van der Waals surface area contributed by atoms with Gasteiger partial charge in [-0.2, -0.15) is 5.26 Å². The van der Waals surface area contributed by atoms with Crippen LogP contribution in [-0.2, 0) is 7.05 Å². The molecule has 4 aromatic rings. The topological polar surface area (TPSA) is 137 Å². The van der Waals surface area contributed by atoms with Gasteiger partial charge in [0.05, 0.1) is 28.4 Å². The van der Waals surface area contributed by atoms with Crippen molar-refractivity contribution in [1.29, 1.82) is 5.26 Å². The molecule has 4 N–H and O–H groups in total. The smallest absolute Gasteiger partial charge is 0.337 e. The molecule has 0 aliphatic rings. The summed E-state index contributed by atoms with van der Waals surface area (Å²) in [6, 6.07) is 22.5. The number of hydrogen-bond donors (Lipinski definition) is 4. The van der Waals surface area contributed by atoms with Crippen LogP contribution in [0.3, 0.4) is 0 Å². The van der Waals surface area contributed by atoms with Gasteiger partial charge < -0.3 is 30.2 Å². The van der Waals surface area contributed by atoms with Crippen molar-refractivity contribution in [3.05, 3.63) is 89.6 Å². The predicted octanol–water partition coefficient (Wildman–Crippen LogP) is 3.85. The number of hydrogen-bond acceptors (Lipinski definition) is 6. The van der Waals surface area contributed by atoms with Crippen LogP contribution in [0.4, 0.5) is 11.4 Å². The number of aromatic nitrogens is 1. The molecule has 0 saturated heterocycles. The first-order chi connectivity index (χ1) is 17.4. The molecule has 0 saturated carbocycles. The van der Waals surface area contributed by atoms with Crippen LogP contribution in [-0.4, -0.2) is 45.9 Å². The zero-order chi connectivity index (χ0) is 25.7. The van der Waals surface area contributed by atoms with Crippen molar-refractivity contribution in [2.75, 3.05) is 23.8 Å². The molecule has 1 aromatic heterocycles. The Balaban J connectivity index is 1.50. The number of aliphatic hydroxyl groups is 1. The highest BCUT2D eigenvalue weighted by Crippen LogP contribution is 2.29. The Labute approximate surface area is 207 Å². The normalized spacial score (nSPS) is 11.5. The number of carboxylic acid groups (broad SMARTS) is 1. The highest BCUT2D eigenvalue weighted by molar-refractivity contribution is 6.09. The number of aromatic carboxylic acids is 1. The molecule has 0 aliphatic carbocycles. The standard InChI is InChI=1S/C27H24N4O5/c1-31-23(26(33)30-22-11-10-17(14-28)12-21(22)27(34)35)13-18-6-5-9-24(25(18)31)36-16-20(32)15-29-19-7-3-2-4-8-19/h2-13,20,29,32H,15-16H2,1H3,(H,30,33)(H,34,35). The number of aliphatic hydroxyl groups excluding tert-OH is 1. The Kier molecular flexibility index (Phi) is 7.18. The van der Waals surface area contributed by atoms with Gasteiger partial charge in [-0.3, -0.25) is 4.79 Å². The van der Waals surface area contributed by atoms with Crippen molar-refractivity contribution in [3.8, 4) is 11.8 Å². The Bertz CT molecular complexity index is 1460. The van der Waals surface area contributed by atoms with Crippen molar-refractivity contribution in [1.82, 2.24) is 4.57 Å². The van der Waals surface area contributed by atoms with Gasteiger partial charge in [0.25, 0.3) is 5.91 Å². The van der Waals surface area contributed by atoms with Crippen LogP contribution in [0, 0.1) is 11.3 Å². The van der Waals surface area contributed by atoms with Crippen molar-refractivity contribution in [3.63, 3.8) is 0 Å². The van der Waals surface area contributed by atoms with Crippen molar-refractivity contribution < 1.29 is 24.5 Å². The fourth-order valence-electron chi connectivity index (χ4n) is 3.84. The largest absolute Gasteiger partial charge is 0.489 e. The number of anilines is 2. The molecule has 1 unspecified atom stereocenters. The fourth-order valence-corrected chi connectivity index (χ4v) is 3.84. The highest BCUT2D eigenvalue weighted by Gasteiger charge is 2.19. The molecule has 3 aromatic carbocycles. The van der Waals surface area contributed by atoms with Crippen LogP contribution in [0.2, 0.25) is 0 Å². The molecular formula is C27H24N4O5. The molecule has 0 aliphatic heterocycles. The quantitative estimate of drug-likeness (QED) is 0.283. The molecule has 0 spiro atoms. The minimum absolute atomic E-state index is 0.0405. The third-order valence-electron chi connectivity index (χ3n) is 5.63. The van der Waals surface area contributed by atoms with E-state index in [1.165, 1.54) is 18.2 Å². The molecule has 1 atom stereocenters. The van der Waals surface area contributed by atoms with E-state index in [-0.39, 0.29) is 29.1 Å². The van der Waals surface area contributed by atoms with Crippen LogP contribution >= 0.6 is 0 Å². The number of aryl methyl sites for hydroxylation is 1. The van der Waals surface area contributed by atoms with Crippen LogP contribution in [0.25, 0.3) is 10.9 Å². The van der Waals surface area contributed by atoms with E-state index in [0.29, 0.717) is 17.8 Å². The number of rotatable bonds is 9. The van der Waals surface area contributed by atoms with E-state index in [9.17, 15) is 19.8 Å². The van der Waals surface area contributed by atoms with E-state index >= 15 is 0 Å². The van der Waals surface area contributed by atoms with E-state index in [2.05, 4.69) is 10.6 Å². The number of amides is 1. The molecule has 0 radical (unpaired) electrons.